The van der Waals surface area contributed by atoms with Crippen LogP contribution in [0.3, 0.4) is 0 Å². The number of anilines is 2. The molecule has 0 heterocycles. The second-order valence-corrected chi connectivity index (χ2v) is 7.60. The Bertz CT molecular complexity index is 629. The summed E-state index contributed by atoms with van der Waals surface area (Å²) in [5.41, 5.74) is 2.77. The molecule has 0 aliphatic rings. The standard InChI is InChI=1S/C21H35N3O3/c1-8-16(4)24(21(26)14-27-7)13-17-12-18(9-10-19(17)23(5)6)22-20(25)11-15(2)3/h9-10,12,15-16H,8,11,13-14H2,1-7H3,(H,22,25). The molecule has 1 aromatic rings. The molecule has 0 saturated heterocycles. The van der Waals surface area contributed by atoms with Crippen LogP contribution in [0, 0.1) is 5.92 Å². The molecule has 0 fully saturated rings. The van der Waals surface area contributed by atoms with Crippen molar-refractivity contribution < 1.29 is 14.3 Å². The first-order valence-electron chi connectivity index (χ1n) is 9.58. The second kappa shape index (κ2) is 10.9. The molecule has 1 N–H and O–H groups in total. The minimum Gasteiger partial charge on any atom is -0.377 e. The zero-order valence-corrected chi connectivity index (χ0v) is 17.8. The van der Waals surface area contributed by atoms with Crippen LogP contribution >= 0.6 is 0 Å². The normalized spacial score (nSPS) is 12.0. The number of carbonyl (C=O) groups excluding carboxylic acids is 2. The van der Waals surface area contributed by atoms with E-state index < -0.39 is 0 Å². The van der Waals surface area contributed by atoms with Crippen molar-refractivity contribution in [2.75, 3.05) is 38.0 Å². The number of hydrogen-bond acceptors (Lipinski definition) is 4. The highest BCUT2D eigenvalue weighted by Gasteiger charge is 2.21. The summed E-state index contributed by atoms with van der Waals surface area (Å²) in [6.45, 7) is 8.67. The molecule has 1 unspecified atom stereocenters. The van der Waals surface area contributed by atoms with Gasteiger partial charge in [-0.15, -0.1) is 0 Å². The van der Waals surface area contributed by atoms with Crippen LogP contribution in [-0.4, -0.2) is 50.6 Å². The molecule has 0 radical (unpaired) electrons. The Kier molecular flexibility index (Phi) is 9.29. The zero-order valence-electron chi connectivity index (χ0n) is 17.8. The van der Waals surface area contributed by atoms with Crippen LogP contribution in [0.15, 0.2) is 18.2 Å². The molecule has 0 aliphatic heterocycles. The number of rotatable bonds is 10. The minimum absolute atomic E-state index is 0.00259. The molecule has 0 aromatic heterocycles. The van der Waals surface area contributed by atoms with Crippen molar-refractivity contribution in [3.8, 4) is 0 Å². The third-order valence-corrected chi connectivity index (χ3v) is 4.49. The Labute approximate surface area is 163 Å². The van der Waals surface area contributed by atoms with Crippen LogP contribution in [0.5, 0.6) is 0 Å². The van der Waals surface area contributed by atoms with Crippen molar-refractivity contribution in [1.82, 2.24) is 4.90 Å². The molecule has 2 amide bonds. The molecule has 1 rings (SSSR count). The molecule has 0 spiro atoms. The molecule has 1 atom stereocenters. The number of carbonyl (C=O) groups is 2. The zero-order chi connectivity index (χ0) is 20.6. The van der Waals surface area contributed by atoms with Gasteiger partial charge in [0.25, 0.3) is 0 Å². The largest absolute Gasteiger partial charge is 0.377 e. The van der Waals surface area contributed by atoms with E-state index in [2.05, 4.69) is 12.2 Å². The maximum atomic E-state index is 12.5. The number of hydrogen-bond donors (Lipinski definition) is 1. The highest BCUT2D eigenvalue weighted by atomic mass is 16.5. The average Bonchev–Trinajstić information content (AvgIpc) is 2.58. The van der Waals surface area contributed by atoms with Crippen LogP contribution in [-0.2, 0) is 20.9 Å². The van der Waals surface area contributed by atoms with Crippen molar-refractivity contribution in [2.24, 2.45) is 5.92 Å². The predicted octanol–water partition coefficient (Wildman–Crippen LogP) is 3.51. The number of nitrogens with one attached hydrogen (secondary N) is 1. The summed E-state index contributed by atoms with van der Waals surface area (Å²) in [7, 11) is 5.48. The maximum Gasteiger partial charge on any atom is 0.249 e. The number of ether oxygens (including phenoxy) is 1. The molecule has 1 aromatic carbocycles. The van der Waals surface area contributed by atoms with Gasteiger partial charge in [-0.1, -0.05) is 20.8 Å². The fraction of sp³-hybridized carbons (Fsp3) is 0.619. The topological polar surface area (TPSA) is 61.9 Å². The van der Waals surface area contributed by atoms with E-state index in [4.69, 9.17) is 4.74 Å². The molecule has 6 nitrogen and oxygen atoms in total. The lowest BCUT2D eigenvalue weighted by molar-refractivity contribution is -0.138. The number of benzene rings is 1. The first kappa shape index (κ1) is 23.0. The number of methoxy groups -OCH3 is 1. The van der Waals surface area contributed by atoms with E-state index in [0.29, 0.717) is 18.9 Å². The van der Waals surface area contributed by atoms with Crippen molar-refractivity contribution in [2.45, 2.75) is 53.1 Å². The molecule has 0 aliphatic carbocycles. The summed E-state index contributed by atoms with van der Waals surface area (Å²) in [5.74, 6) is 0.270. The fourth-order valence-corrected chi connectivity index (χ4v) is 2.91. The Hall–Kier alpha value is -2.08. The molecular weight excluding hydrogens is 342 g/mol. The van der Waals surface area contributed by atoms with Gasteiger partial charge in [0, 0.05) is 51.6 Å². The van der Waals surface area contributed by atoms with Gasteiger partial charge in [-0.25, -0.2) is 0 Å². The second-order valence-electron chi connectivity index (χ2n) is 7.60. The summed E-state index contributed by atoms with van der Waals surface area (Å²) in [6.07, 6.45) is 1.34. The molecule has 0 saturated carbocycles. The molecule has 0 bridgehead atoms. The van der Waals surface area contributed by atoms with E-state index in [-0.39, 0.29) is 24.5 Å². The summed E-state index contributed by atoms with van der Waals surface area (Å²) in [4.78, 5) is 28.5. The van der Waals surface area contributed by atoms with Crippen molar-refractivity contribution >= 4 is 23.2 Å². The fourth-order valence-electron chi connectivity index (χ4n) is 2.91. The smallest absolute Gasteiger partial charge is 0.249 e. The van der Waals surface area contributed by atoms with E-state index in [1.807, 2.05) is 62.9 Å². The summed E-state index contributed by atoms with van der Waals surface area (Å²) >= 11 is 0. The Morgan fingerprint density at radius 2 is 1.85 bits per heavy atom. The van der Waals surface area contributed by atoms with E-state index in [0.717, 1.165) is 23.4 Å². The van der Waals surface area contributed by atoms with Crippen LogP contribution in [0.4, 0.5) is 11.4 Å². The third kappa shape index (κ3) is 7.21. The minimum atomic E-state index is -0.0363. The summed E-state index contributed by atoms with van der Waals surface area (Å²) in [6, 6.07) is 5.95. The van der Waals surface area contributed by atoms with Gasteiger partial charge in [0.05, 0.1) is 0 Å². The Morgan fingerprint density at radius 1 is 1.19 bits per heavy atom. The first-order chi connectivity index (χ1) is 12.7. The van der Waals surface area contributed by atoms with E-state index in [1.165, 1.54) is 7.11 Å². The van der Waals surface area contributed by atoms with Gasteiger partial charge >= 0.3 is 0 Å². The van der Waals surface area contributed by atoms with E-state index in [1.54, 1.807) is 0 Å². The van der Waals surface area contributed by atoms with Gasteiger partial charge in [0.2, 0.25) is 11.8 Å². The van der Waals surface area contributed by atoms with Gasteiger partial charge in [0.1, 0.15) is 6.61 Å². The molecule has 27 heavy (non-hydrogen) atoms. The molecule has 152 valence electrons. The van der Waals surface area contributed by atoms with Crippen LogP contribution < -0.4 is 10.2 Å². The Morgan fingerprint density at radius 3 is 2.37 bits per heavy atom. The van der Waals surface area contributed by atoms with Crippen molar-refractivity contribution in [3.05, 3.63) is 23.8 Å². The van der Waals surface area contributed by atoms with E-state index >= 15 is 0 Å². The lowest BCUT2D eigenvalue weighted by Gasteiger charge is -2.30. The number of nitrogens with zero attached hydrogens (tertiary/aromatic N) is 2. The summed E-state index contributed by atoms with van der Waals surface area (Å²) < 4.78 is 5.05. The van der Waals surface area contributed by atoms with Gasteiger partial charge in [-0.3, -0.25) is 9.59 Å². The molecular formula is C21H35N3O3. The lowest BCUT2D eigenvalue weighted by Crippen LogP contribution is -2.40. The van der Waals surface area contributed by atoms with Crippen LogP contribution in [0.25, 0.3) is 0 Å². The average molecular weight is 378 g/mol. The van der Waals surface area contributed by atoms with Gasteiger partial charge < -0.3 is 19.9 Å². The highest BCUT2D eigenvalue weighted by Crippen LogP contribution is 2.26. The van der Waals surface area contributed by atoms with Gasteiger partial charge in [0.15, 0.2) is 0 Å². The van der Waals surface area contributed by atoms with Crippen molar-refractivity contribution in [1.29, 1.82) is 0 Å². The third-order valence-electron chi connectivity index (χ3n) is 4.49. The lowest BCUT2D eigenvalue weighted by atomic mass is 10.1. The SMILES string of the molecule is CCC(C)N(Cc1cc(NC(=O)CC(C)C)ccc1N(C)C)C(=O)COC. The number of amides is 2. The first-order valence-corrected chi connectivity index (χ1v) is 9.58. The van der Waals surface area contributed by atoms with Crippen LogP contribution in [0.2, 0.25) is 0 Å². The summed E-state index contributed by atoms with van der Waals surface area (Å²) in [5, 5.41) is 2.97. The predicted molar refractivity (Wildman–Crippen MR) is 111 cm³/mol. The Balaban J connectivity index is 3.14. The highest BCUT2D eigenvalue weighted by molar-refractivity contribution is 5.91. The van der Waals surface area contributed by atoms with Crippen LogP contribution in [0.1, 0.15) is 46.1 Å². The van der Waals surface area contributed by atoms with Gasteiger partial charge in [-0.2, -0.15) is 0 Å². The quantitative estimate of drug-likeness (QED) is 0.678. The van der Waals surface area contributed by atoms with Crippen molar-refractivity contribution in [3.63, 3.8) is 0 Å². The molecule has 6 heteroatoms. The van der Waals surface area contributed by atoms with Gasteiger partial charge in [-0.05, 0) is 43.0 Å². The monoisotopic (exact) mass is 377 g/mol. The van der Waals surface area contributed by atoms with E-state index in [9.17, 15) is 9.59 Å². The maximum absolute atomic E-state index is 12.5.